The predicted molar refractivity (Wildman–Crippen MR) is 147 cm³/mol. The molecule has 0 unspecified atom stereocenters. The summed E-state index contributed by atoms with van der Waals surface area (Å²) in [5, 5.41) is 18.4. The molecule has 2 amide bonds. The number of carbonyl (C=O) groups excluding carboxylic acids is 2. The Kier molecular flexibility index (Phi) is 9.97. The number of benzene rings is 1. The number of carboxylic acids is 1. The van der Waals surface area contributed by atoms with Crippen molar-refractivity contribution in [3.05, 3.63) is 46.5 Å². The highest BCUT2D eigenvalue weighted by molar-refractivity contribution is 6.06. The molecule has 212 valence electrons. The second kappa shape index (κ2) is 13.4. The van der Waals surface area contributed by atoms with Gasteiger partial charge in [-0.05, 0) is 67.4 Å². The standard InChI is InChI=1S/C31H41NO7/c1-3-7-20(16-21-9-12-23(33)13-10-21)11-14-26-28-22(18-38-2)17-24-29(25(28)19-39-26)31(37)32(30(24)36)15-6-4-5-8-27(34)35/h9-10,12-13,16,24-26,29,33H,3-8,11,14-15,17-19H2,1-2H3,(H,34,35)/b20-16+/t24-,25+,26-,29-/m1/s1. The summed E-state index contributed by atoms with van der Waals surface area (Å²) in [6, 6.07) is 7.21. The molecule has 0 bridgehead atoms. The van der Waals surface area contributed by atoms with Crippen LogP contribution in [0.3, 0.4) is 0 Å². The van der Waals surface area contributed by atoms with Crippen molar-refractivity contribution in [3.63, 3.8) is 0 Å². The number of likely N-dealkylation sites (tertiary alicyclic amines) is 1. The van der Waals surface area contributed by atoms with Crippen molar-refractivity contribution in [1.82, 2.24) is 4.90 Å². The Hall–Kier alpha value is -2.97. The third-order valence-electron chi connectivity index (χ3n) is 8.25. The molecule has 1 aromatic carbocycles. The van der Waals surface area contributed by atoms with Gasteiger partial charge in [-0.15, -0.1) is 0 Å². The highest BCUT2D eigenvalue weighted by Crippen LogP contribution is 2.50. The molecule has 0 saturated carbocycles. The molecule has 0 radical (unpaired) electrons. The van der Waals surface area contributed by atoms with Gasteiger partial charge in [0.15, 0.2) is 0 Å². The first-order valence-electron chi connectivity index (χ1n) is 14.2. The van der Waals surface area contributed by atoms with Crippen molar-refractivity contribution in [2.75, 3.05) is 26.9 Å². The van der Waals surface area contributed by atoms with Gasteiger partial charge in [0.25, 0.3) is 0 Å². The second-order valence-corrected chi connectivity index (χ2v) is 11.0. The van der Waals surface area contributed by atoms with Crippen LogP contribution < -0.4 is 0 Å². The lowest BCUT2D eigenvalue weighted by Crippen LogP contribution is -2.35. The van der Waals surface area contributed by atoms with Crippen LogP contribution in [0.1, 0.15) is 70.3 Å². The monoisotopic (exact) mass is 539 g/mol. The van der Waals surface area contributed by atoms with Gasteiger partial charge in [0.2, 0.25) is 11.8 Å². The molecule has 1 aromatic rings. The quantitative estimate of drug-likeness (QED) is 0.195. The molecule has 1 aliphatic carbocycles. The topological polar surface area (TPSA) is 113 Å². The van der Waals surface area contributed by atoms with E-state index in [1.807, 2.05) is 12.1 Å². The van der Waals surface area contributed by atoms with Gasteiger partial charge in [-0.2, -0.15) is 0 Å². The molecule has 0 aromatic heterocycles. The number of carbonyl (C=O) groups is 3. The van der Waals surface area contributed by atoms with Crippen molar-refractivity contribution >= 4 is 23.9 Å². The average molecular weight is 540 g/mol. The van der Waals surface area contributed by atoms with Crippen LogP contribution in [0.25, 0.3) is 6.08 Å². The van der Waals surface area contributed by atoms with Gasteiger partial charge in [0.1, 0.15) is 5.75 Å². The van der Waals surface area contributed by atoms with Crippen molar-refractivity contribution in [3.8, 4) is 5.75 Å². The van der Waals surface area contributed by atoms with Crippen molar-refractivity contribution in [2.24, 2.45) is 17.8 Å². The Morgan fingerprint density at radius 2 is 1.85 bits per heavy atom. The highest BCUT2D eigenvalue weighted by Gasteiger charge is 2.56. The van der Waals surface area contributed by atoms with Gasteiger partial charge in [0.05, 0.1) is 31.2 Å². The fourth-order valence-electron chi connectivity index (χ4n) is 6.50. The van der Waals surface area contributed by atoms with E-state index in [-0.39, 0.29) is 47.8 Å². The smallest absolute Gasteiger partial charge is 0.303 e. The minimum Gasteiger partial charge on any atom is -0.508 e. The summed E-state index contributed by atoms with van der Waals surface area (Å²) in [7, 11) is 1.66. The summed E-state index contributed by atoms with van der Waals surface area (Å²) in [4.78, 5) is 39.0. The largest absolute Gasteiger partial charge is 0.508 e. The minimum atomic E-state index is -0.827. The third-order valence-corrected chi connectivity index (χ3v) is 8.25. The van der Waals surface area contributed by atoms with Crippen LogP contribution in [0.15, 0.2) is 41.0 Å². The number of aliphatic carboxylic acids is 1. The normalized spacial score (nSPS) is 24.9. The van der Waals surface area contributed by atoms with Gasteiger partial charge in [-0.25, -0.2) is 0 Å². The van der Waals surface area contributed by atoms with E-state index in [2.05, 4.69) is 13.0 Å². The number of nitrogens with zero attached hydrogens (tertiary/aromatic N) is 1. The molecular weight excluding hydrogens is 498 g/mol. The molecule has 2 N–H and O–H groups in total. The molecule has 8 nitrogen and oxygen atoms in total. The number of imide groups is 1. The molecular formula is C31H41NO7. The number of allylic oxidation sites excluding steroid dienone is 1. The van der Waals surface area contributed by atoms with Crippen molar-refractivity contribution in [2.45, 2.75) is 70.8 Å². The maximum Gasteiger partial charge on any atom is 0.303 e. The number of ether oxygens (including phenoxy) is 2. The number of unbranched alkanes of at least 4 members (excludes halogenated alkanes) is 2. The summed E-state index contributed by atoms with van der Waals surface area (Å²) in [6.07, 6.45) is 8.20. The highest BCUT2D eigenvalue weighted by atomic mass is 16.5. The van der Waals surface area contributed by atoms with Crippen molar-refractivity contribution < 1.29 is 34.1 Å². The summed E-state index contributed by atoms with van der Waals surface area (Å²) >= 11 is 0. The first-order chi connectivity index (χ1) is 18.8. The molecule has 3 aliphatic rings. The summed E-state index contributed by atoms with van der Waals surface area (Å²) in [5.41, 5.74) is 4.62. The zero-order valence-electron chi connectivity index (χ0n) is 23.1. The van der Waals surface area contributed by atoms with Crippen LogP contribution in [0, 0.1) is 17.8 Å². The molecule has 2 heterocycles. The maximum absolute atomic E-state index is 13.5. The Labute approximate surface area is 230 Å². The minimum absolute atomic E-state index is 0.103. The molecule has 4 atom stereocenters. The van der Waals surface area contributed by atoms with Gasteiger partial charge in [-0.3, -0.25) is 19.3 Å². The van der Waals surface area contributed by atoms with Crippen LogP contribution in [-0.4, -0.2) is 65.9 Å². The van der Waals surface area contributed by atoms with Crippen LogP contribution in [0.2, 0.25) is 0 Å². The predicted octanol–water partition coefficient (Wildman–Crippen LogP) is 4.96. The number of phenolic OH excluding ortho intramolecular Hbond substituents is 1. The molecule has 4 rings (SSSR count). The molecule has 2 aliphatic heterocycles. The zero-order chi connectivity index (χ0) is 27.9. The Bertz CT molecular complexity index is 1110. The number of amides is 2. The van der Waals surface area contributed by atoms with E-state index < -0.39 is 5.97 Å². The Morgan fingerprint density at radius 3 is 2.54 bits per heavy atom. The van der Waals surface area contributed by atoms with E-state index in [0.717, 1.165) is 42.4 Å². The average Bonchev–Trinajstić information content (AvgIpc) is 3.43. The van der Waals surface area contributed by atoms with Crippen LogP contribution in [0.5, 0.6) is 5.75 Å². The number of hydrogen-bond donors (Lipinski definition) is 2. The van der Waals surface area contributed by atoms with E-state index in [9.17, 15) is 19.5 Å². The number of aromatic hydroxyl groups is 1. The lowest BCUT2D eigenvalue weighted by molar-refractivity contribution is -0.141. The van der Waals surface area contributed by atoms with Gasteiger partial charge in [-0.1, -0.05) is 43.5 Å². The van der Waals surface area contributed by atoms with Crippen LogP contribution in [-0.2, 0) is 23.9 Å². The van der Waals surface area contributed by atoms with Crippen molar-refractivity contribution in [1.29, 1.82) is 0 Å². The fraction of sp³-hybridized carbons (Fsp3) is 0.581. The fourth-order valence-corrected chi connectivity index (χ4v) is 6.50. The summed E-state index contributed by atoms with van der Waals surface area (Å²) in [5.74, 6) is -1.66. The van der Waals surface area contributed by atoms with Gasteiger partial charge in [0, 0.05) is 26.0 Å². The third kappa shape index (κ3) is 6.79. The number of methoxy groups -OCH3 is 1. The molecule has 0 spiro atoms. The van der Waals surface area contributed by atoms with E-state index in [1.165, 1.54) is 10.5 Å². The SMILES string of the molecule is CCC/C(=C\c1ccc(O)cc1)CC[C@H]1OC[C@H]2C1=C(COC)C[C@H]1C(=O)N(CCCCCC(=O)O)C(=O)[C@H]12. The maximum atomic E-state index is 13.5. The molecule has 39 heavy (non-hydrogen) atoms. The first-order valence-corrected chi connectivity index (χ1v) is 14.2. The summed E-state index contributed by atoms with van der Waals surface area (Å²) < 4.78 is 11.9. The molecule has 8 heteroatoms. The number of carboxylic acid groups (broad SMARTS) is 1. The number of hydrogen-bond acceptors (Lipinski definition) is 6. The number of fused-ring (bicyclic) bond motifs is 3. The second-order valence-electron chi connectivity index (χ2n) is 11.0. The van der Waals surface area contributed by atoms with Gasteiger partial charge < -0.3 is 19.7 Å². The number of phenols is 1. The molecule has 2 fully saturated rings. The van der Waals surface area contributed by atoms with E-state index in [1.54, 1.807) is 19.2 Å². The Morgan fingerprint density at radius 1 is 1.08 bits per heavy atom. The summed E-state index contributed by atoms with van der Waals surface area (Å²) in [6.45, 7) is 3.37. The molecule has 2 saturated heterocycles. The zero-order valence-corrected chi connectivity index (χ0v) is 23.1. The van der Waals surface area contributed by atoms with Crippen LogP contribution in [0.4, 0.5) is 0 Å². The van der Waals surface area contributed by atoms with E-state index in [0.29, 0.717) is 45.4 Å². The van der Waals surface area contributed by atoms with Crippen LogP contribution >= 0.6 is 0 Å². The van der Waals surface area contributed by atoms with E-state index in [4.69, 9.17) is 14.6 Å². The van der Waals surface area contributed by atoms with Gasteiger partial charge >= 0.3 is 5.97 Å². The number of rotatable bonds is 14. The first kappa shape index (κ1) is 29.0. The van der Waals surface area contributed by atoms with E-state index >= 15 is 0 Å². The lowest BCUT2D eigenvalue weighted by Gasteiger charge is -2.31. The Balaban J connectivity index is 1.46. The lowest BCUT2D eigenvalue weighted by atomic mass is 9.69.